The van der Waals surface area contributed by atoms with Crippen molar-refractivity contribution in [3.05, 3.63) is 58.1 Å². The van der Waals surface area contributed by atoms with E-state index in [0.717, 1.165) is 11.1 Å². The van der Waals surface area contributed by atoms with Crippen molar-refractivity contribution in [2.75, 3.05) is 20.8 Å². The van der Waals surface area contributed by atoms with Gasteiger partial charge in [-0.1, -0.05) is 23.7 Å². The van der Waals surface area contributed by atoms with Crippen LogP contribution in [0.5, 0.6) is 11.5 Å². The minimum atomic E-state index is -1.15. The second-order valence-electron chi connectivity index (χ2n) is 6.06. The average molecular weight is 362 g/mol. The first-order valence-electron chi connectivity index (χ1n) is 7.99. The Balaban J connectivity index is 1.81. The third-order valence-corrected chi connectivity index (χ3v) is 4.91. The number of carbonyl (C=O) groups excluding carboxylic acids is 1. The summed E-state index contributed by atoms with van der Waals surface area (Å²) >= 11 is 6.05. The second kappa shape index (κ2) is 6.94. The van der Waals surface area contributed by atoms with Crippen LogP contribution in [-0.2, 0) is 12.0 Å². The fourth-order valence-electron chi connectivity index (χ4n) is 3.19. The lowest BCUT2D eigenvalue weighted by Crippen LogP contribution is -2.39. The van der Waals surface area contributed by atoms with Gasteiger partial charge in [0, 0.05) is 0 Å². The van der Waals surface area contributed by atoms with E-state index in [9.17, 15) is 9.90 Å². The molecule has 5 nitrogen and oxygen atoms in total. The topological polar surface area (TPSA) is 67.8 Å². The first kappa shape index (κ1) is 17.6. The SMILES string of the molecule is COc1cc2c(cc1OC)C(O)(CNC(=O)c1ccccc1Cl)CC2. The zero-order chi connectivity index (χ0) is 18.0. The number of rotatable bonds is 5. The van der Waals surface area contributed by atoms with Crippen LogP contribution in [0.2, 0.25) is 5.02 Å². The molecule has 1 atom stereocenters. The molecule has 0 spiro atoms. The summed E-state index contributed by atoms with van der Waals surface area (Å²) in [4.78, 5) is 12.3. The highest BCUT2D eigenvalue weighted by Crippen LogP contribution is 2.42. The number of amides is 1. The van der Waals surface area contributed by atoms with Gasteiger partial charge in [0.15, 0.2) is 11.5 Å². The summed E-state index contributed by atoms with van der Waals surface area (Å²) < 4.78 is 10.6. The van der Waals surface area contributed by atoms with E-state index < -0.39 is 5.60 Å². The fraction of sp³-hybridized carbons (Fsp3) is 0.316. The fourth-order valence-corrected chi connectivity index (χ4v) is 3.41. The minimum Gasteiger partial charge on any atom is -0.493 e. The maximum atomic E-state index is 12.3. The molecule has 3 rings (SSSR count). The average Bonchev–Trinajstić information content (AvgIpc) is 2.95. The standard InChI is InChI=1S/C19H20ClNO4/c1-24-16-9-12-7-8-19(23,14(12)10-17(16)25-2)11-21-18(22)13-5-3-4-6-15(13)20/h3-6,9-10,23H,7-8,11H2,1-2H3,(H,21,22). The van der Waals surface area contributed by atoms with Crippen molar-refractivity contribution in [2.45, 2.75) is 18.4 Å². The highest BCUT2D eigenvalue weighted by Gasteiger charge is 2.38. The molecule has 0 aliphatic heterocycles. The van der Waals surface area contributed by atoms with Crippen molar-refractivity contribution in [3.8, 4) is 11.5 Å². The number of fused-ring (bicyclic) bond motifs is 1. The number of carbonyl (C=O) groups is 1. The van der Waals surface area contributed by atoms with E-state index in [1.165, 1.54) is 0 Å². The zero-order valence-electron chi connectivity index (χ0n) is 14.1. The summed E-state index contributed by atoms with van der Waals surface area (Å²) in [5.41, 5.74) is 0.987. The van der Waals surface area contributed by atoms with E-state index in [1.807, 2.05) is 6.07 Å². The van der Waals surface area contributed by atoms with Gasteiger partial charge in [0.05, 0.1) is 31.4 Å². The molecule has 132 valence electrons. The molecule has 1 amide bonds. The number of hydrogen-bond acceptors (Lipinski definition) is 4. The number of ether oxygens (including phenoxy) is 2. The molecule has 25 heavy (non-hydrogen) atoms. The molecule has 0 radical (unpaired) electrons. The minimum absolute atomic E-state index is 0.0968. The Hall–Kier alpha value is -2.24. The van der Waals surface area contributed by atoms with Crippen LogP contribution < -0.4 is 14.8 Å². The predicted octanol–water partition coefficient (Wildman–Crippen LogP) is 2.92. The Kier molecular flexibility index (Phi) is 4.88. The summed E-state index contributed by atoms with van der Waals surface area (Å²) in [6.45, 7) is 0.0968. The van der Waals surface area contributed by atoms with Gasteiger partial charge in [-0.25, -0.2) is 0 Å². The molecule has 6 heteroatoms. The quantitative estimate of drug-likeness (QED) is 0.859. The van der Waals surface area contributed by atoms with Gasteiger partial charge in [0.2, 0.25) is 0 Å². The van der Waals surface area contributed by atoms with Crippen molar-refractivity contribution < 1.29 is 19.4 Å². The molecule has 0 aromatic heterocycles. The van der Waals surface area contributed by atoms with Crippen molar-refractivity contribution >= 4 is 17.5 Å². The van der Waals surface area contributed by atoms with Gasteiger partial charge < -0.3 is 19.9 Å². The lowest BCUT2D eigenvalue weighted by atomic mass is 9.95. The van der Waals surface area contributed by atoms with Gasteiger partial charge in [0.1, 0.15) is 5.60 Å². The number of aliphatic hydroxyl groups is 1. The lowest BCUT2D eigenvalue weighted by molar-refractivity contribution is 0.0368. The summed E-state index contributed by atoms with van der Waals surface area (Å²) in [6.07, 6.45) is 1.22. The largest absolute Gasteiger partial charge is 0.493 e. The Morgan fingerprint density at radius 1 is 1.24 bits per heavy atom. The molecule has 0 bridgehead atoms. The molecular weight excluding hydrogens is 342 g/mol. The first-order chi connectivity index (χ1) is 12.0. The normalized spacial score (nSPS) is 18.6. The van der Waals surface area contributed by atoms with Crippen LogP contribution in [-0.4, -0.2) is 31.8 Å². The number of hydrogen-bond donors (Lipinski definition) is 2. The molecule has 0 saturated carbocycles. The maximum absolute atomic E-state index is 12.3. The summed E-state index contributed by atoms with van der Waals surface area (Å²) in [5.74, 6) is 0.873. The van der Waals surface area contributed by atoms with Gasteiger partial charge in [-0.15, -0.1) is 0 Å². The number of nitrogens with one attached hydrogen (secondary N) is 1. The van der Waals surface area contributed by atoms with Gasteiger partial charge >= 0.3 is 0 Å². The predicted molar refractivity (Wildman–Crippen MR) is 95.5 cm³/mol. The number of halogens is 1. The number of benzene rings is 2. The molecule has 1 aliphatic carbocycles. The van der Waals surface area contributed by atoms with Crippen molar-refractivity contribution in [1.82, 2.24) is 5.32 Å². The second-order valence-corrected chi connectivity index (χ2v) is 6.47. The van der Waals surface area contributed by atoms with E-state index >= 15 is 0 Å². The summed E-state index contributed by atoms with van der Waals surface area (Å²) in [7, 11) is 3.13. The zero-order valence-corrected chi connectivity index (χ0v) is 14.9. The van der Waals surface area contributed by atoms with Crippen molar-refractivity contribution in [1.29, 1.82) is 0 Å². The Bertz CT molecular complexity index is 808. The molecule has 0 saturated heterocycles. The Morgan fingerprint density at radius 2 is 1.92 bits per heavy atom. The molecule has 1 aliphatic rings. The van der Waals surface area contributed by atoms with Crippen LogP contribution in [0.3, 0.4) is 0 Å². The van der Waals surface area contributed by atoms with Crippen molar-refractivity contribution in [3.63, 3.8) is 0 Å². The van der Waals surface area contributed by atoms with Gasteiger partial charge in [-0.05, 0) is 48.2 Å². The summed E-state index contributed by atoms with van der Waals surface area (Å²) in [5, 5.41) is 14.2. The molecule has 0 heterocycles. The van der Waals surface area contributed by atoms with Crippen LogP contribution in [0.1, 0.15) is 27.9 Å². The van der Waals surface area contributed by atoms with E-state index in [1.54, 1.807) is 44.6 Å². The van der Waals surface area contributed by atoms with Gasteiger partial charge in [0.25, 0.3) is 5.91 Å². The van der Waals surface area contributed by atoms with Crippen LogP contribution in [0, 0.1) is 0 Å². The van der Waals surface area contributed by atoms with Crippen LogP contribution in [0.25, 0.3) is 0 Å². The maximum Gasteiger partial charge on any atom is 0.252 e. The van der Waals surface area contributed by atoms with Crippen LogP contribution in [0.15, 0.2) is 36.4 Å². The molecule has 2 aromatic carbocycles. The van der Waals surface area contributed by atoms with E-state index in [2.05, 4.69) is 5.32 Å². The Labute approximate surface area is 151 Å². The molecule has 2 aromatic rings. The van der Waals surface area contributed by atoms with Crippen LogP contribution >= 0.6 is 11.6 Å². The molecular formula is C19H20ClNO4. The molecule has 1 unspecified atom stereocenters. The third kappa shape index (κ3) is 3.30. The number of methoxy groups -OCH3 is 2. The lowest BCUT2D eigenvalue weighted by Gasteiger charge is -2.25. The summed E-state index contributed by atoms with van der Waals surface area (Å²) in [6, 6.07) is 10.5. The van der Waals surface area contributed by atoms with E-state index in [0.29, 0.717) is 34.9 Å². The number of aryl methyl sites for hydroxylation is 1. The molecule has 0 fully saturated rings. The van der Waals surface area contributed by atoms with Gasteiger partial charge in [-0.3, -0.25) is 4.79 Å². The third-order valence-electron chi connectivity index (χ3n) is 4.58. The monoisotopic (exact) mass is 361 g/mol. The van der Waals surface area contributed by atoms with Gasteiger partial charge in [-0.2, -0.15) is 0 Å². The smallest absolute Gasteiger partial charge is 0.252 e. The highest BCUT2D eigenvalue weighted by atomic mass is 35.5. The van der Waals surface area contributed by atoms with E-state index in [4.69, 9.17) is 21.1 Å². The highest BCUT2D eigenvalue weighted by molar-refractivity contribution is 6.33. The first-order valence-corrected chi connectivity index (χ1v) is 8.37. The van der Waals surface area contributed by atoms with Crippen molar-refractivity contribution in [2.24, 2.45) is 0 Å². The van der Waals surface area contributed by atoms with E-state index in [-0.39, 0.29) is 12.5 Å². The Morgan fingerprint density at radius 3 is 2.60 bits per heavy atom. The van der Waals surface area contributed by atoms with Crippen LogP contribution in [0.4, 0.5) is 0 Å². The molecule has 2 N–H and O–H groups in total.